The Morgan fingerprint density at radius 1 is 1.09 bits per heavy atom. The van der Waals surface area contributed by atoms with Crippen molar-refractivity contribution in [1.29, 1.82) is 0 Å². The van der Waals surface area contributed by atoms with Gasteiger partial charge in [-0.05, 0) is 23.8 Å². The first-order valence-electron chi connectivity index (χ1n) is 6.47. The van der Waals surface area contributed by atoms with E-state index in [1.165, 1.54) is 12.1 Å². The van der Waals surface area contributed by atoms with Crippen molar-refractivity contribution in [1.82, 2.24) is 10.3 Å². The molecule has 0 spiro atoms. The second-order valence-electron chi connectivity index (χ2n) is 4.61. The molecule has 0 aliphatic heterocycles. The van der Waals surface area contributed by atoms with Crippen LogP contribution in [0.4, 0.5) is 0 Å². The van der Waals surface area contributed by atoms with Gasteiger partial charge in [-0.15, -0.1) is 0 Å². The van der Waals surface area contributed by atoms with Crippen LogP contribution in [-0.4, -0.2) is 22.0 Å². The van der Waals surface area contributed by atoms with Crippen LogP contribution >= 0.6 is 34.8 Å². The summed E-state index contributed by atoms with van der Waals surface area (Å²) in [5.41, 5.74) is 0.407. The summed E-state index contributed by atoms with van der Waals surface area (Å²) < 4.78 is 0. The number of carboxylic acid groups (broad SMARTS) is 1. The molecule has 5 nitrogen and oxygen atoms in total. The monoisotopic (exact) mass is 372 g/mol. The largest absolute Gasteiger partial charge is 0.481 e. The first-order valence-corrected chi connectivity index (χ1v) is 7.61. The van der Waals surface area contributed by atoms with E-state index in [0.717, 1.165) is 0 Å². The van der Waals surface area contributed by atoms with Crippen LogP contribution in [0.1, 0.15) is 28.5 Å². The third-order valence-corrected chi connectivity index (χ3v) is 3.85. The Labute approximate surface area is 147 Å². The number of hydrogen-bond donors (Lipinski definition) is 2. The van der Waals surface area contributed by atoms with Crippen molar-refractivity contribution < 1.29 is 14.7 Å². The quantitative estimate of drug-likeness (QED) is 0.777. The molecule has 2 N–H and O–H groups in total. The van der Waals surface area contributed by atoms with E-state index >= 15 is 0 Å². The van der Waals surface area contributed by atoms with Crippen molar-refractivity contribution >= 4 is 46.7 Å². The predicted octanol–water partition coefficient (Wildman–Crippen LogP) is 3.99. The van der Waals surface area contributed by atoms with Crippen molar-refractivity contribution in [3.05, 3.63) is 62.9 Å². The predicted molar refractivity (Wildman–Crippen MR) is 88.2 cm³/mol. The van der Waals surface area contributed by atoms with Crippen molar-refractivity contribution in [2.75, 3.05) is 0 Å². The van der Waals surface area contributed by atoms with Crippen LogP contribution in [0.15, 0.2) is 36.4 Å². The molecule has 0 saturated heterocycles. The molecule has 2 aromatic rings. The summed E-state index contributed by atoms with van der Waals surface area (Å²) in [7, 11) is 0. The average molecular weight is 374 g/mol. The van der Waals surface area contributed by atoms with E-state index in [2.05, 4.69) is 10.3 Å². The van der Waals surface area contributed by atoms with Crippen molar-refractivity contribution in [3.8, 4) is 0 Å². The maximum Gasteiger partial charge on any atom is 0.305 e. The van der Waals surface area contributed by atoms with Gasteiger partial charge in [0.25, 0.3) is 5.91 Å². The van der Waals surface area contributed by atoms with E-state index in [1.807, 2.05) is 0 Å². The highest BCUT2D eigenvalue weighted by atomic mass is 35.5. The number of amides is 1. The minimum atomic E-state index is -1.08. The Hall–Kier alpha value is -1.82. The molecule has 1 unspecified atom stereocenters. The second kappa shape index (κ2) is 7.64. The average Bonchev–Trinajstić information content (AvgIpc) is 2.49. The van der Waals surface area contributed by atoms with Crippen molar-refractivity contribution in [2.24, 2.45) is 0 Å². The van der Waals surface area contributed by atoms with E-state index in [9.17, 15) is 9.59 Å². The number of rotatable bonds is 5. The number of benzene rings is 1. The third kappa shape index (κ3) is 4.58. The smallest absolute Gasteiger partial charge is 0.305 e. The van der Waals surface area contributed by atoms with E-state index in [1.54, 1.807) is 24.3 Å². The molecule has 8 heteroatoms. The van der Waals surface area contributed by atoms with Gasteiger partial charge in [0, 0.05) is 5.02 Å². The third-order valence-electron chi connectivity index (χ3n) is 2.99. The fourth-order valence-corrected chi connectivity index (χ4v) is 2.58. The zero-order valence-corrected chi connectivity index (χ0v) is 13.9. The summed E-state index contributed by atoms with van der Waals surface area (Å²) in [6, 6.07) is 8.72. The van der Waals surface area contributed by atoms with E-state index in [4.69, 9.17) is 39.9 Å². The minimum Gasteiger partial charge on any atom is -0.481 e. The van der Waals surface area contributed by atoms with Gasteiger partial charge in [-0.1, -0.05) is 53.0 Å². The molecule has 0 radical (unpaired) electrons. The van der Waals surface area contributed by atoms with Crippen LogP contribution in [0.3, 0.4) is 0 Å². The molecule has 0 saturated carbocycles. The van der Waals surface area contributed by atoms with Crippen LogP contribution in [0.2, 0.25) is 15.2 Å². The van der Waals surface area contributed by atoms with Gasteiger partial charge in [-0.3, -0.25) is 9.59 Å². The number of hydrogen-bond acceptors (Lipinski definition) is 3. The summed E-state index contributed by atoms with van der Waals surface area (Å²) in [5.74, 6) is -1.72. The van der Waals surface area contributed by atoms with Crippen LogP contribution in [-0.2, 0) is 4.79 Å². The Kier molecular flexibility index (Phi) is 5.82. The van der Waals surface area contributed by atoms with Gasteiger partial charge in [-0.2, -0.15) is 0 Å². The first kappa shape index (κ1) is 17.5. The zero-order chi connectivity index (χ0) is 17.0. The molecule has 120 valence electrons. The highest BCUT2D eigenvalue weighted by Crippen LogP contribution is 2.26. The molecule has 1 aromatic heterocycles. The molecule has 1 atom stereocenters. The minimum absolute atomic E-state index is 0.0818. The van der Waals surface area contributed by atoms with Gasteiger partial charge < -0.3 is 10.4 Å². The van der Waals surface area contributed by atoms with Gasteiger partial charge in [-0.25, -0.2) is 4.98 Å². The number of pyridine rings is 1. The molecule has 0 aliphatic carbocycles. The number of aliphatic carboxylic acids is 1. The maximum absolute atomic E-state index is 12.3. The Bertz CT molecular complexity index is 752. The van der Waals surface area contributed by atoms with Gasteiger partial charge in [0.05, 0.1) is 17.5 Å². The topological polar surface area (TPSA) is 79.3 Å². The number of aromatic nitrogens is 1. The van der Waals surface area contributed by atoms with Crippen LogP contribution in [0.25, 0.3) is 0 Å². The molecular weight excluding hydrogens is 363 g/mol. The van der Waals surface area contributed by atoms with Crippen LogP contribution in [0.5, 0.6) is 0 Å². The normalized spacial score (nSPS) is 11.8. The first-order chi connectivity index (χ1) is 10.9. The van der Waals surface area contributed by atoms with Crippen LogP contribution < -0.4 is 5.32 Å². The highest BCUT2D eigenvalue weighted by Gasteiger charge is 2.23. The standard InChI is InChI=1S/C15H11Cl3N2O3/c16-9-4-2-1-3-8(9)11(7-13(21)22)19-15(23)14-10(17)5-6-12(18)20-14/h1-6,11H,7H2,(H,19,23)(H,21,22). The second-order valence-corrected chi connectivity index (χ2v) is 5.81. The highest BCUT2D eigenvalue weighted by molar-refractivity contribution is 6.34. The van der Waals surface area contributed by atoms with Crippen molar-refractivity contribution in [2.45, 2.75) is 12.5 Å². The lowest BCUT2D eigenvalue weighted by Gasteiger charge is -2.18. The lowest BCUT2D eigenvalue weighted by molar-refractivity contribution is -0.137. The molecule has 1 aromatic carbocycles. The number of nitrogens with zero attached hydrogens (tertiary/aromatic N) is 1. The van der Waals surface area contributed by atoms with Gasteiger partial charge in [0.2, 0.25) is 0 Å². The van der Waals surface area contributed by atoms with Crippen molar-refractivity contribution in [3.63, 3.8) is 0 Å². The molecular formula is C15H11Cl3N2O3. The zero-order valence-electron chi connectivity index (χ0n) is 11.6. The number of nitrogens with one attached hydrogen (secondary N) is 1. The van der Waals surface area contributed by atoms with Gasteiger partial charge in [0.15, 0.2) is 0 Å². The molecule has 0 bridgehead atoms. The molecule has 1 heterocycles. The molecule has 23 heavy (non-hydrogen) atoms. The SMILES string of the molecule is O=C(O)CC(NC(=O)c1nc(Cl)ccc1Cl)c1ccccc1Cl. The van der Waals surface area contributed by atoms with E-state index < -0.39 is 17.9 Å². The number of carbonyl (C=O) groups is 2. The Morgan fingerprint density at radius 3 is 2.43 bits per heavy atom. The summed E-state index contributed by atoms with van der Waals surface area (Å²) in [5, 5.41) is 12.2. The Balaban J connectivity index is 2.31. The molecule has 0 fully saturated rings. The lowest BCUT2D eigenvalue weighted by atomic mass is 10.0. The summed E-state index contributed by atoms with van der Waals surface area (Å²) in [4.78, 5) is 27.3. The summed E-state index contributed by atoms with van der Waals surface area (Å²) >= 11 is 17.8. The van der Waals surface area contributed by atoms with E-state index in [-0.39, 0.29) is 22.3 Å². The molecule has 1 amide bonds. The molecule has 0 aliphatic rings. The number of carboxylic acids is 1. The number of carbonyl (C=O) groups excluding carboxylic acids is 1. The fourth-order valence-electron chi connectivity index (χ4n) is 1.98. The van der Waals surface area contributed by atoms with Gasteiger partial charge in [0.1, 0.15) is 10.8 Å². The van der Waals surface area contributed by atoms with Crippen LogP contribution in [0, 0.1) is 0 Å². The fraction of sp³-hybridized carbons (Fsp3) is 0.133. The summed E-state index contributed by atoms with van der Waals surface area (Å²) in [6.07, 6.45) is -0.340. The number of halogens is 3. The van der Waals surface area contributed by atoms with Gasteiger partial charge >= 0.3 is 5.97 Å². The summed E-state index contributed by atoms with van der Waals surface area (Å²) in [6.45, 7) is 0. The Morgan fingerprint density at radius 2 is 1.78 bits per heavy atom. The maximum atomic E-state index is 12.3. The molecule has 2 rings (SSSR count). The van der Waals surface area contributed by atoms with E-state index in [0.29, 0.717) is 10.6 Å². The lowest BCUT2D eigenvalue weighted by Crippen LogP contribution is -2.31.